The SMILES string of the molecule is C=C1CN(C(=O)[C@H](NC(=O)CNC(=O)Cc2ccccc2)C(C)C)CC[C@]1(O)c1ccc(Cl)cc1. The summed E-state index contributed by atoms with van der Waals surface area (Å²) >= 11 is 5.96. The number of benzene rings is 2. The number of amides is 3. The number of rotatable bonds is 8. The third-order valence-electron chi connectivity index (χ3n) is 6.25. The van der Waals surface area contributed by atoms with Crippen LogP contribution in [0.1, 0.15) is 31.4 Å². The number of hydrogen-bond donors (Lipinski definition) is 3. The summed E-state index contributed by atoms with van der Waals surface area (Å²) in [5.74, 6) is -1.13. The van der Waals surface area contributed by atoms with E-state index in [1.165, 1.54) is 0 Å². The Labute approximate surface area is 211 Å². The molecule has 3 rings (SSSR count). The number of aliphatic hydroxyl groups is 1. The average molecular weight is 498 g/mol. The summed E-state index contributed by atoms with van der Waals surface area (Å²) in [7, 11) is 0. The quantitative estimate of drug-likeness (QED) is 0.488. The molecule has 2 aromatic carbocycles. The van der Waals surface area contributed by atoms with Crippen LogP contribution in [-0.4, -0.2) is 53.4 Å². The van der Waals surface area contributed by atoms with E-state index in [-0.39, 0.29) is 43.7 Å². The zero-order valence-electron chi connectivity index (χ0n) is 20.1. The van der Waals surface area contributed by atoms with Gasteiger partial charge in [0.05, 0.1) is 13.0 Å². The van der Waals surface area contributed by atoms with Crippen molar-refractivity contribution in [2.24, 2.45) is 5.92 Å². The maximum absolute atomic E-state index is 13.3. The number of carbonyl (C=O) groups excluding carboxylic acids is 3. The van der Waals surface area contributed by atoms with Gasteiger partial charge in [0, 0.05) is 24.5 Å². The highest BCUT2D eigenvalue weighted by Gasteiger charge is 2.40. The van der Waals surface area contributed by atoms with E-state index in [0.717, 1.165) is 5.56 Å². The topological polar surface area (TPSA) is 98.7 Å². The first-order chi connectivity index (χ1) is 16.6. The zero-order valence-corrected chi connectivity index (χ0v) is 20.8. The minimum absolute atomic E-state index is 0.170. The number of likely N-dealkylation sites (tertiary alicyclic amines) is 1. The van der Waals surface area contributed by atoms with E-state index in [9.17, 15) is 19.5 Å². The lowest BCUT2D eigenvalue weighted by molar-refractivity contribution is -0.139. The molecular weight excluding hydrogens is 466 g/mol. The first-order valence-corrected chi connectivity index (χ1v) is 12.0. The lowest BCUT2D eigenvalue weighted by atomic mass is 9.81. The molecule has 7 nitrogen and oxygen atoms in total. The Morgan fingerprint density at radius 2 is 1.74 bits per heavy atom. The highest BCUT2D eigenvalue weighted by atomic mass is 35.5. The van der Waals surface area contributed by atoms with Gasteiger partial charge in [-0.3, -0.25) is 14.4 Å². The van der Waals surface area contributed by atoms with Crippen molar-refractivity contribution in [1.82, 2.24) is 15.5 Å². The molecule has 0 bridgehead atoms. The summed E-state index contributed by atoms with van der Waals surface area (Å²) in [5, 5.41) is 17.2. The van der Waals surface area contributed by atoms with Gasteiger partial charge < -0.3 is 20.6 Å². The van der Waals surface area contributed by atoms with E-state index >= 15 is 0 Å². The van der Waals surface area contributed by atoms with Crippen molar-refractivity contribution < 1.29 is 19.5 Å². The van der Waals surface area contributed by atoms with Crippen molar-refractivity contribution in [2.45, 2.75) is 38.3 Å². The summed E-state index contributed by atoms with van der Waals surface area (Å²) in [6.07, 6.45) is 0.459. The molecule has 0 saturated carbocycles. The van der Waals surface area contributed by atoms with Crippen LogP contribution in [0.3, 0.4) is 0 Å². The Kier molecular flexibility index (Phi) is 8.70. The number of hydrogen-bond acceptors (Lipinski definition) is 4. The third-order valence-corrected chi connectivity index (χ3v) is 6.50. The van der Waals surface area contributed by atoms with Crippen LogP contribution in [0.4, 0.5) is 0 Å². The van der Waals surface area contributed by atoms with Crippen LogP contribution in [0.2, 0.25) is 5.02 Å². The Morgan fingerprint density at radius 3 is 2.34 bits per heavy atom. The number of halogens is 1. The Hall–Kier alpha value is -3.16. The van der Waals surface area contributed by atoms with E-state index in [1.807, 2.05) is 44.2 Å². The summed E-state index contributed by atoms with van der Waals surface area (Å²) in [5.41, 5.74) is 0.783. The molecule has 2 aromatic rings. The molecule has 1 aliphatic rings. The normalized spacial score (nSPS) is 18.8. The molecule has 8 heteroatoms. The Morgan fingerprint density at radius 1 is 1.09 bits per heavy atom. The third kappa shape index (κ3) is 6.71. The van der Waals surface area contributed by atoms with Gasteiger partial charge in [-0.05, 0) is 34.8 Å². The zero-order chi connectivity index (χ0) is 25.6. The maximum atomic E-state index is 13.3. The van der Waals surface area contributed by atoms with Crippen molar-refractivity contribution in [3.05, 3.63) is 82.9 Å². The predicted molar refractivity (Wildman–Crippen MR) is 136 cm³/mol. The van der Waals surface area contributed by atoms with Crippen LogP contribution in [0.5, 0.6) is 0 Å². The molecule has 1 aliphatic heterocycles. The minimum Gasteiger partial charge on any atom is -0.381 e. The summed E-state index contributed by atoms with van der Waals surface area (Å²) in [6.45, 7) is 7.99. The molecule has 1 saturated heterocycles. The summed E-state index contributed by atoms with van der Waals surface area (Å²) in [4.78, 5) is 39.5. The highest BCUT2D eigenvalue weighted by molar-refractivity contribution is 6.30. The predicted octanol–water partition coefficient (Wildman–Crippen LogP) is 2.82. The van der Waals surface area contributed by atoms with Gasteiger partial charge in [0.15, 0.2) is 0 Å². The number of piperidine rings is 1. The van der Waals surface area contributed by atoms with Crippen molar-refractivity contribution in [3.8, 4) is 0 Å². The smallest absolute Gasteiger partial charge is 0.245 e. The van der Waals surface area contributed by atoms with Crippen LogP contribution in [-0.2, 0) is 26.4 Å². The first-order valence-electron chi connectivity index (χ1n) is 11.7. The van der Waals surface area contributed by atoms with E-state index in [2.05, 4.69) is 17.2 Å². The van der Waals surface area contributed by atoms with Crippen molar-refractivity contribution >= 4 is 29.3 Å². The van der Waals surface area contributed by atoms with Crippen LogP contribution in [0.15, 0.2) is 66.7 Å². The van der Waals surface area contributed by atoms with Crippen molar-refractivity contribution in [1.29, 1.82) is 0 Å². The molecule has 0 spiro atoms. The van der Waals surface area contributed by atoms with Gasteiger partial charge in [-0.2, -0.15) is 0 Å². The standard InChI is InChI=1S/C27H32ClN3O4/c1-18(2)25(30-24(33)16-29-23(32)15-20-7-5-4-6-8-20)26(34)31-14-13-27(35,19(3)17-31)21-9-11-22(28)12-10-21/h4-12,18,25,35H,3,13-17H2,1-2H3,(H,29,32)(H,30,33)/t25-,27-/m1/s1. The number of carbonyl (C=O) groups is 3. The van der Waals surface area contributed by atoms with Crippen molar-refractivity contribution in [2.75, 3.05) is 19.6 Å². The first kappa shape index (κ1) is 26.4. The maximum Gasteiger partial charge on any atom is 0.245 e. The monoisotopic (exact) mass is 497 g/mol. The Balaban J connectivity index is 1.56. The molecule has 3 N–H and O–H groups in total. The van der Waals surface area contributed by atoms with Gasteiger partial charge in [-0.15, -0.1) is 0 Å². The highest BCUT2D eigenvalue weighted by Crippen LogP contribution is 2.36. The molecule has 35 heavy (non-hydrogen) atoms. The van der Waals surface area contributed by atoms with Gasteiger partial charge in [0.1, 0.15) is 11.6 Å². The lowest BCUT2D eigenvalue weighted by Crippen LogP contribution is -2.56. The molecule has 0 aromatic heterocycles. The Bertz CT molecular complexity index is 1070. The molecule has 186 valence electrons. The lowest BCUT2D eigenvalue weighted by Gasteiger charge is -2.42. The second-order valence-electron chi connectivity index (χ2n) is 9.21. The van der Waals surface area contributed by atoms with E-state index < -0.39 is 17.6 Å². The van der Waals surface area contributed by atoms with Crippen LogP contribution < -0.4 is 10.6 Å². The molecule has 0 aliphatic carbocycles. The molecule has 0 radical (unpaired) electrons. The summed E-state index contributed by atoms with van der Waals surface area (Å²) < 4.78 is 0. The fraction of sp³-hybridized carbons (Fsp3) is 0.370. The van der Waals surface area contributed by atoms with Gasteiger partial charge >= 0.3 is 0 Å². The molecular formula is C27H32ClN3O4. The fourth-order valence-corrected chi connectivity index (χ4v) is 4.26. The molecule has 0 unspecified atom stereocenters. The van der Waals surface area contributed by atoms with Gasteiger partial charge in [-0.1, -0.05) is 74.5 Å². The fourth-order valence-electron chi connectivity index (χ4n) is 4.13. The minimum atomic E-state index is -1.25. The van der Waals surface area contributed by atoms with E-state index in [0.29, 0.717) is 22.7 Å². The van der Waals surface area contributed by atoms with Gasteiger partial charge in [0.2, 0.25) is 17.7 Å². The van der Waals surface area contributed by atoms with E-state index in [4.69, 9.17) is 11.6 Å². The van der Waals surface area contributed by atoms with Crippen molar-refractivity contribution in [3.63, 3.8) is 0 Å². The number of nitrogens with zero attached hydrogens (tertiary/aromatic N) is 1. The molecule has 3 amide bonds. The van der Waals surface area contributed by atoms with Crippen LogP contribution >= 0.6 is 11.6 Å². The van der Waals surface area contributed by atoms with Crippen LogP contribution in [0, 0.1) is 5.92 Å². The molecule has 2 atom stereocenters. The molecule has 1 fully saturated rings. The van der Waals surface area contributed by atoms with E-state index in [1.54, 1.807) is 29.2 Å². The number of nitrogens with one attached hydrogen (secondary N) is 2. The molecule has 1 heterocycles. The second-order valence-corrected chi connectivity index (χ2v) is 9.65. The van der Waals surface area contributed by atoms with Gasteiger partial charge in [-0.25, -0.2) is 0 Å². The second kappa shape index (κ2) is 11.5. The summed E-state index contributed by atoms with van der Waals surface area (Å²) in [6, 6.07) is 15.4. The van der Waals surface area contributed by atoms with Crippen LogP contribution in [0.25, 0.3) is 0 Å². The average Bonchev–Trinajstić information content (AvgIpc) is 2.83. The largest absolute Gasteiger partial charge is 0.381 e. The van der Waals surface area contributed by atoms with Gasteiger partial charge in [0.25, 0.3) is 0 Å².